The molecular formula is C13H17NO. The Balaban J connectivity index is 1.92. The molecule has 2 saturated heterocycles. The Hall–Kier alpha value is -1.02. The van der Waals surface area contributed by atoms with Crippen LogP contribution in [0, 0.1) is 0 Å². The predicted molar refractivity (Wildman–Crippen MR) is 60.3 cm³/mol. The Morgan fingerprint density at radius 3 is 2.80 bits per heavy atom. The van der Waals surface area contributed by atoms with Gasteiger partial charge in [-0.2, -0.15) is 0 Å². The van der Waals surface area contributed by atoms with Crippen LogP contribution in [0.4, 0.5) is 0 Å². The summed E-state index contributed by atoms with van der Waals surface area (Å²) in [5.41, 5.74) is 1.39. The van der Waals surface area contributed by atoms with Crippen molar-refractivity contribution in [3.8, 4) is 5.75 Å². The summed E-state index contributed by atoms with van der Waals surface area (Å²) in [6.07, 6.45) is 3.97. The average Bonchev–Trinajstić information content (AvgIpc) is 2.90. The van der Waals surface area contributed by atoms with E-state index in [1.165, 1.54) is 24.8 Å². The normalized spacial score (nSPS) is 33.3. The van der Waals surface area contributed by atoms with E-state index in [1.54, 1.807) is 7.11 Å². The van der Waals surface area contributed by atoms with Crippen LogP contribution < -0.4 is 10.1 Å². The van der Waals surface area contributed by atoms with Crippen LogP contribution in [0.5, 0.6) is 5.75 Å². The fourth-order valence-corrected chi connectivity index (χ4v) is 3.14. The quantitative estimate of drug-likeness (QED) is 0.796. The van der Waals surface area contributed by atoms with Crippen LogP contribution in [0.25, 0.3) is 0 Å². The van der Waals surface area contributed by atoms with Gasteiger partial charge < -0.3 is 10.1 Å². The second-order valence-corrected chi connectivity index (χ2v) is 4.63. The molecule has 2 aliphatic heterocycles. The molecule has 80 valence electrons. The van der Waals surface area contributed by atoms with Gasteiger partial charge in [-0.15, -0.1) is 0 Å². The van der Waals surface area contributed by atoms with Crippen LogP contribution in [0.3, 0.4) is 0 Å². The lowest BCUT2D eigenvalue weighted by Gasteiger charge is -2.22. The molecule has 2 fully saturated rings. The van der Waals surface area contributed by atoms with E-state index in [1.807, 2.05) is 6.07 Å². The van der Waals surface area contributed by atoms with Crippen molar-refractivity contribution in [1.29, 1.82) is 0 Å². The molecule has 0 unspecified atom stereocenters. The van der Waals surface area contributed by atoms with Gasteiger partial charge in [-0.05, 0) is 30.9 Å². The van der Waals surface area contributed by atoms with Crippen molar-refractivity contribution < 1.29 is 4.74 Å². The molecule has 0 aromatic heterocycles. The Labute approximate surface area is 90.6 Å². The second-order valence-electron chi connectivity index (χ2n) is 4.63. The largest absolute Gasteiger partial charge is 0.496 e. The van der Waals surface area contributed by atoms with Crippen LogP contribution in [0.1, 0.15) is 30.7 Å². The van der Waals surface area contributed by atoms with Gasteiger partial charge in [-0.1, -0.05) is 18.2 Å². The van der Waals surface area contributed by atoms with Crippen LogP contribution in [-0.2, 0) is 0 Å². The highest BCUT2D eigenvalue weighted by Gasteiger charge is 2.40. The van der Waals surface area contributed by atoms with E-state index in [9.17, 15) is 0 Å². The zero-order chi connectivity index (χ0) is 10.3. The molecule has 0 spiro atoms. The third-order valence-electron chi connectivity index (χ3n) is 3.84. The van der Waals surface area contributed by atoms with Crippen molar-refractivity contribution in [2.24, 2.45) is 0 Å². The van der Waals surface area contributed by atoms with E-state index in [-0.39, 0.29) is 0 Å². The Bertz CT molecular complexity index is 363. The highest BCUT2D eigenvalue weighted by atomic mass is 16.5. The van der Waals surface area contributed by atoms with Crippen molar-refractivity contribution in [1.82, 2.24) is 5.32 Å². The monoisotopic (exact) mass is 203 g/mol. The molecule has 2 nitrogen and oxygen atoms in total. The van der Waals surface area contributed by atoms with Crippen molar-refractivity contribution >= 4 is 0 Å². The number of benzene rings is 1. The molecule has 2 aliphatic rings. The minimum Gasteiger partial charge on any atom is -0.496 e. The lowest BCUT2D eigenvalue weighted by molar-refractivity contribution is 0.397. The Morgan fingerprint density at radius 1 is 1.27 bits per heavy atom. The lowest BCUT2D eigenvalue weighted by Crippen LogP contribution is -2.21. The van der Waals surface area contributed by atoms with Crippen LogP contribution in [-0.4, -0.2) is 19.2 Å². The number of ether oxygens (including phenoxy) is 1. The summed E-state index contributed by atoms with van der Waals surface area (Å²) in [5, 5.41) is 3.67. The van der Waals surface area contributed by atoms with Crippen molar-refractivity contribution in [3.05, 3.63) is 29.8 Å². The molecule has 0 saturated carbocycles. The second kappa shape index (κ2) is 3.53. The zero-order valence-electron chi connectivity index (χ0n) is 9.07. The molecule has 1 aromatic carbocycles. The van der Waals surface area contributed by atoms with E-state index in [0.29, 0.717) is 12.0 Å². The predicted octanol–water partition coefficient (Wildman–Crippen LogP) is 2.30. The van der Waals surface area contributed by atoms with Gasteiger partial charge in [0, 0.05) is 18.0 Å². The van der Waals surface area contributed by atoms with Crippen LogP contribution >= 0.6 is 0 Å². The maximum absolute atomic E-state index is 5.44. The SMILES string of the molecule is COc1ccccc1[C@@H]1C[C@H]2CC[C@@H]1N2. The third-order valence-corrected chi connectivity index (χ3v) is 3.84. The van der Waals surface area contributed by atoms with Crippen LogP contribution in [0.2, 0.25) is 0 Å². The molecular weight excluding hydrogens is 186 g/mol. The van der Waals surface area contributed by atoms with E-state index in [2.05, 4.69) is 23.5 Å². The topological polar surface area (TPSA) is 21.3 Å². The maximum Gasteiger partial charge on any atom is 0.122 e. The lowest BCUT2D eigenvalue weighted by atomic mass is 9.83. The summed E-state index contributed by atoms with van der Waals surface area (Å²) in [4.78, 5) is 0. The molecule has 3 atom stereocenters. The van der Waals surface area contributed by atoms with Crippen molar-refractivity contribution in [2.75, 3.05) is 7.11 Å². The molecule has 1 aromatic rings. The van der Waals surface area contributed by atoms with Crippen LogP contribution in [0.15, 0.2) is 24.3 Å². The highest BCUT2D eigenvalue weighted by Crippen LogP contribution is 2.42. The molecule has 0 amide bonds. The van der Waals surface area contributed by atoms with Gasteiger partial charge in [0.15, 0.2) is 0 Å². The van der Waals surface area contributed by atoms with Crippen molar-refractivity contribution in [3.63, 3.8) is 0 Å². The summed E-state index contributed by atoms with van der Waals surface area (Å²) in [6, 6.07) is 9.89. The average molecular weight is 203 g/mol. The summed E-state index contributed by atoms with van der Waals surface area (Å²) in [7, 11) is 1.76. The van der Waals surface area contributed by atoms with E-state index < -0.39 is 0 Å². The summed E-state index contributed by atoms with van der Waals surface area (Å²) in [6.45, 7) is 0. The number of fused-ring (bicyclic) bond motifs is 2. The van der Waals surface area contributed by atoms with Gasteiger partial charge in [0.25, 0.3) is 0 Å². The number of methoxy groups -OCH3 is 1. The molecule has 15 heavy (non-hydrogen) atoms. The maximum atomic E-state index is 5.44. The molecule has 3 rings (SSSR count). The van der Waals surface area contributed by atoms with E-state index >= 15 is 0 Å². The summed E-state index contributed by atoms with van der Waals surface area (Å²) < 4.78 is 5.44. The third kappa shape index (κ3) is 1.44. The van der Waals surface area contributed by atoms with Gasteiger partial charge in [-0.25, -0.2) is 0 Å². The first-order chi connectivity index (χ1) is 7.38. The molecule has 2 heteroatoms. The first-order valence-electron chi connectivity index (χ1n) is 5.77. The fraction of sp³-hybridized carbons (Fsp3) is 0.538. The molecule has 2 heterocycles. The fourth-order valence-electron chi connectivity index (χ4n) is 3.14. The van der Waals surface area contributed by atoms with Gasteiger partial charge in [0.2, 0.25) is 0 Å². The minimum absolute atomic E-state index is 0.667. The summed E-state index contributed by atoms with van der Waals surface area (Å²) >= 11 is 0. The first kappa shape index (κ1) is 9.22. The summed E-state index contributed by atoms with van der Waals surface area (Å²) in [5.74, 6) is 1.72. The molecule has 2 bridgehead atoms. The standard InChI is InChI=1S/C13H17NO/c1-15-13-5-3-2-4-10(13)11-8-9-6-7-12(11)14-9/h2-5,9,11-12,14H,6-8H2,1H3/t9-,11+,12+/m1/s1. The zero-order valence-corrected chi connectivity index (χ0v) is 9.07. The number of nitrogens with one attached hydrogen (secondary N) is 1. The van der Waals surface area contributed by atoms with E-state index in [4.69, 9.17) is 4.74 Å². The van der Waals surface area contributed by atoms with Gasteiger partial charge in [-0.3, -0.25) is 0 Å². The number of hydrogen-bond acceptors (Lipinski definition) is 2. The molecule has 1 N–H and O–H groups in total. The number of para-hydroxylation sites is 1. The van der Waals surface area contributed by atoms with Gasteiger partial charge >= 0.3 is 0 Å². The minimum atomic E-state index is 0.667. The Kier molecular flexibility index (Phi) is 2.17. The number of rotatable bonds is 2. The Morgan fingerprint density at radius 2 is 2.13 bits per heavy atom. The van der Waals surface area contributed by atoms with Gasteiger partial charge in [0.1, 0.15) is 5.75 Å². The highest BCUT2D eigenvalue weighted by molar-refractivity contribution is 5.38. The number of hydrogen-bond donors (Lipinski definition) is 1. The van der Waals surface area contributed by atoms with Gasteiger partial charge in [0.05, 0.1) is 7.11 Å². The molecule has 0 radical (unpaired) electrons. The molecule has 0 aliphatic carbocycles. The van der Waals surface area contributed by atoms with E-state index in [0.717, 1.165) is 11.8 Å². The van der Waals surface area contributed by atoms with Crippen molar-refractivity contribution in [2.45, 2.75) is 37.3 Å². The first-order valence-corrected chi connectivity index (χ1v) is 5.77. The smallest absolute Gasteiger partial charge is 0.122 e.